The maximum absolute atomic E-state index is 12.6. The summed E-state index contributed by atoms with van der Waals surface area (Å²) in [5.41, 5.74) is -0.988. The summed E-state index contributed by atoms with van der Waals surface area (Å²) < 4.78 is 51.5. The number of pyridine rings is 1. The molecule has 5 nitrogen and oxygen atoms in total. The first kappa shape index (κ1) is 19.3. The van der Waals surface area contributed by atoms with Gasteiger partial charge in [-0.2, -0.15) is 13.2 Å². The molecule has 0 aliphatic heterocycles. The van der Waals surface area contributed by atoms with E-state index in [9.17, 15) is 27.2 Å². The highest BCUT2D eigenvalue weighted by Crippen LogP contribution is 2.27. The number of anilines is 1. The molecule has 0 fully saturated rings. The van der Waals surface area contributed by atoms with E-state index < -0.39 is 30.9 Å². The standard InChI is InChI=1S/C14H11Cl2F4N3O2/c15-9-5-10(23(4-3-17)12(9)16)13(25)21-8-1-2-11(24)22(6-8)7-14(18,19)20/h1-2,5-6H,3-4,7H2,(H,21,25). The van der Waals surface area contributed by atoms with Crippen LogP contribution in [0.5, 0.6) is 0 Å². The third kappa shape index (κ3) is 4.76. The van der Waals surface area contributed by atoms with Gasteiger partial charge in [0.05, 0.1) is 17.3 Å². The fraction of sp³-hybridized carbons (Fsp3) is 0.286. The van der Waals surface area contributed by atoms with E-state index in [-0.39, 0.29) is 28.1 Å². The number of aromatic nitrogens is 2. The number of halogens is 6. The Hall–Kier alpha value is -2.00. The van der Waals surface area contributed by atoms with Gasteiger partial charge in [0.25, 0.3) is 11.5 Å². The van der Waals surface area contributed by atoms with Gasteiger partial charge in [-0.3, -0.25) is 9.59 Å². The van der Waals surface area contributed by atoms with Gasteiger partial charge in [-0.25, -0.2) is 4.39 Å². The minimum Gasteiger partial charge on any atom is -0.324 e. The van der Waals surface area contributed by atoms with Crippen LogP contribution < -0.4 is 10.9 Å². The van der Waals surface area contributed by atoms with Crippen LogP contribution in [0.3, 0.4) is 0 Å². The van der Waals surface area contributed by atoms with Crippen molar-refractivity contribution in [2.75, 3.05) is 12.0 Å². The predicted molar refractivity (Wildman–Crippen MR) is 85.1 cm³/mol. The highest BCUT2D eigenvalue weighted by atomic mass is 35.5. The average Bonchev–Trinajstić information content (AvgIpc) is 2.78. The largest absolute Gasteiger partial charge is 0.406 e. The number of carbonyl (C=O) groups excluding carboxylic acids is 1. The van der Waals surface area contributed by atoms with Crippen molar-refractivity contribution in [3.8, 4) is 0 Å². The zero-order valence-corrected chi connectivity index (χ0v) is 13.9. The van der Waals surface area contributed by atoms with Gasteiger partial charge in [-0.05, 0) is 12.1 Å². The Morgan fingerprint density at radius 1 is 1.24 bits per heavy atom. The van der Waals surface area contributed by atoms with Crippen LogP contribution in [0.2, 0.25) is 10.2 Å². The molecule has 0 aliphatic carbocycles. The van der Waals surface area contributed by atoms with E-state index in [1.54, 1.807) is 0 Å². The van der Waals surface area contributed by atoms with Gasteiger partial charge in [0.15, 0.2) is 0 Å². The van der Waals surface area contributed by atoms with Gasteiger partial charge in [-0.15, -0.1) is 0 Å². The lowest BCUT2D eigenvalue weighted by Gasteiger charge is -2.12. The molecular weight excluding hydrogens is 389 g/mol. The Balaban J connectivity index is 2.28. The number of rotatable bonds is 5. The van der Waals surface area contributed by atoms with E-state index in [1.165, 1.54) is 6.07 Å². The number of carbonyl (C=O) groups is 1. The van der Waals surface area contributed by atoms with Crippen molar-refractivity contribution in [2.24, 2.45) is 0 Å². The van der Waals surface area contributed by atoms with E-state index >= 15 is 0 Å². The van der Waals surface area contributed by atoms with Crippen molar-refractivity contribution in [3.05, 3.63) is 50.6 Å². The molecule has 0 radical (unpaired) electrons. The summed E-state index contributed by atoms with van der Waals surface area (Å²) in [6.07, 6.45) is -3.73. The van der Waals surface area contributed by atoms with Crippen molar-refractivity contribution >= 4 is 34.8 Å². The number of hydrogen-bond acceptors (Lipinski definition) is 2. The number of hydrogen-bond donors (Lipinski definition) is 1. The Morgan fingerprint density at radius 3 is 2.52 bits per heavy atom. The van der Waals surface area contributed by atoms with Gasteiger partial charge in [-0.1, -0.05) is 23.2 Å². The van der Waals surface area contributed by atoms with Crippen LogP contribution in [0, 0.1) is 0 Å². The summed E-state index contributed by atoms with van der Waals surface area (Å²) in [4.78, 5) is 23.7. The molecule has 0 aromatic carbocycles. The molecular formula is C14H11Cl2F4N3O2. The molecule has 0 saturated carbocycles. The van der Waals surface area contributed by atoms with E-state index in [2.05, 4.69) is 5.32 Å². The van der Waals surface area contributed by atoms with Gasteiger partial charge in [0.1, 0.15) is 24.1 Å². The minimum absolute atomic E-state index is 0.0299. The number of nitrogens with one attached hydrogen (secondary N) is 1. The molecule has 2 aromatic heterocycles. The molecule has 0 aliphatic rings. The van der Waals surface area contributed by atoms with Crippen molar-refractivity contribution in [2.45, 2.75) is 19.3 Å². The van der Waals surface area contributed by atoms with Crippen LogP contribution >= 0.6 is 23.2 Å². The third-order valence-electron chi connectivity index (χ3n) is 3.12. The fourth-order valence-corrected chi connectivity index (χ4v) is 2.54. The Kier molecular flexibility index (Phi) is 5.79. The Labute approximate surface area is 148 Å². The van der Waals surface area contributed by atoms with E-state index in [4.69, 9.17) is 23.2 Å². The molecule has 0 bridgehead atoms. The first-order valence-electron chi connectivity index (χ1n) is 6.81. The molecule has 0 unspecified atom stereocenters. The van der Waals surface area contributed by atoms with Crippen molar-refractivity contribution in [1.29, 1.82) is 0 Å². The van der Waals surface area contributed by atoms with Crippen LogP contribution in [0.1, 0.15) is 10.5 Å². The lowest BCUT2D eigenvalue weighted by molar-refractivity contribution is -0.141. The Morgan fingerprint density at radius 2 is 1.92 bits per heavy atom. The molecule has 2 heterocycles. The monoisotopic (exact) mass is 399 g/mol. The summed E-state index contributed by atoms with van der Waals surface area (Å²) in [5, 5.41) is 2.32. The SMILES string of the molecule is O=C(Nc1ccc(=O)n(CC(F)(F)F)c1)c1cc(Cl)c(Cl)n1CCF. The topological polar surface area (TPSA) is 56.0 Å². The molecule has 2 aromatic rings. The molecule has 0 atom stereocenters. The van der Waals surface area contributed by atoms with E-state index in [0.29, 0.717) is 4.57 Å². The minimum atomic E-state index is -4.59. The predicted octanol–water partition coefficient (Wildman–Crippen LogP) is 3.74. The second-order valence-corrected chi connectivity index (χ2v) is 5.73. The van der Waals surface area contributed by atoms with Crippen LogP contribution in [-0.2, 0) is 13.1 Å². The van der Waals surface area contributed by atoms with Crippen molar-refractivity contribution < 1.29 is 22.4 Å². The average molecular weight is 400 g/mol. The first-order chi connectivity index (χ1) is 11.6. The summed E-state index contributed by atoms with van der Waals surface area (Å²) in [6.45, 7) is -2.52. The number of nitrogens with zero attached hydrogens (tertiary/aromatic N) is 2. The zero-order valence-electron chi connectivity index (χ0n) is 12.4. The normalized spacial score (nSPS) is 11.6. The van der Waals surface area contributed by atoms with Crippen molar-refractivity contribution in [3.63, 3.8) is 0 Å². The lowest BCUT2D eigenvalue weighted by atomic mass is 10.3. The second kappa shape index (κ2) is 7.49. The van der Waals surface area contributed by atoms with Crippen LogP contribution in [-0.4, -0.2) is 27.9 Å². The molecule has 1 N–H and O–H groups in total. The number of alkyl halides is 4. The summed E-state index contributed by atoms with van der Waals surface area (Å²) in [6, 6.07) is 3.25. The Bertz CT molecular complexity index is 846. The number of amides is 1. The van der Waals surface area contributed by atoms with E-state index in [1.807, 2.05) is 0 Å². The molecule has 2 rings (SSSR count). The maximum Gasteiger partial charge on any atom is 0.406 e. The molecule has 0 saturated heterocycles. The van der Waals surface area contributed by atoms with Crippen molar-refractivity contribution in [1.82, 2.24) is 9.13 Å². The molecule has 136 valence electrons. The van der Waals surface area contributed by atoms with Crippen LogP contribution in [0.4, 0.5) is 23.2 Å². The quantitative estimate of drug-likeness (QED) is 0.778. The van der Waals surface area contributed by atoms with Crippen LogP contribution in [0.15, 0.2) is 29.2 Å². The molecule has 1 amide bonds. The summed E-state index contributed by atoms with van der Waals surface area (Å²) in [5.74, 6) is -0.764. The second-order valence-electron chi connectivity index (χ2n) is 4.96. The summed E-state index contributed by atoms with van der Waals surface area (Å²) in [7, 11) is 0. The maximum atomic E-state index is 12.6. The van der Waals surface area contributed by atoms with Crippen LogP contribution in [0.25, 0.3) is 0 Å². The smallest absolute Gasteiger partial charge is 0.324 e. The third-order valence-corrected chi connectivity index (χ3v) is 3.91. The zero-order chi connectivity index (χ0) is 18.8. The van der Waals surface area contributed by atoms with Gasteiger partial charge >= 0.3 is 6.18 Å². The van der Waals surface area contributed by atoms with Gasteiger partial charge in [0, 0.05) is 12.3 Å². The highest BCUT2D eigenvalue weighted by molar-refractivity contribution is 6.42. The van der Waals surface area contributed by atoms with Gasteiger partial charge in [0.2, 0.25) is 0 Å². The molecule has 0 spiro atoms. The fourth-order valence-electron chi connectivity index (χ4n) is 2.10. The van der Waals surface area contributed by atoms with E-state index in [0.717, 1.165) is 22.9 Å². The summed E-state index contributed by atoms with van der Waals surface area (Å²) >= 11 is 11.7. The highest BCUT2D eigenvalue weighted by Gasteiger charge is 2.28. The molecule has 25 heavy (non-hydrogen) atoms. The van der Waals surface area contributed by atoms with Gasteiger partial charge < -0.3 is 14.5 Å². The lowest BCUT2D eigenvalue weighted by Crippen LogP contribution is -2.28. The first-order valence-corrected chi connectivity index (χ1v) is 7.57. The molecule has 11 heteroatoms.